The Morgan fingerprint density at radius 2 is 1.86 bits per heavy atom. The zero-order valence-electron chi connectivity index (χ0n) is 16.1. The van der Waals surface area contributed by atoms with Gasteiger partial charge in [0.1, 0.15) is 11.9 Å². The summed E-state index contributed by atoms with van der Waals surface area (Å²) in [7, 11) is 1.62. The van der Waals surface area contributed by atoms with Crippen LogP contribution in [0.2, 0.25) is 5.02 Å². The van der Waals surface area contributed by atoms with Gasteiger partial charge in [-0.05, 0) is 35.9 Å². The van der Waals surface area contributed by atoms with Gasteiger partial charge in [-0.25, -0.2) is 0 Å². The number of fused-ring (bicyclic) bond motifs is 1. The van der Waals surface area contributed by atoms with Gasteiger partial charge in [-0.1, -0.05) is 43.6 Å². The summed E-state index contributed by atoms with van der Waals surface area (Å²) in [6.45, 7) is 3.84. The number of rotatable bonds is 3. The molecule has 0 spiro atoms. The smallest absolute Gasteiger partial charge is 0.165 e. The molecule has 1 aromatic heterocycles. The molecule has 5 heteroatoms. The van der Waals surface area contributed by atoms with Crippen molar-refractivity contribution in [2.24, 2.45) is 5.41 Å². The number of carbonyl (C=O) groups excluding carboxylic acids is 1. The molecule has 1 heterocycles. The van der Waals surface area contributed by atoms with Gasteiger partial charge in [-0.3, -0.25) is 4.79 Å². The maximum atomic E-state index is 12.9. The predicted molar refractivity (Wildman–Crippen MR) is 110 cm³/mol. The summed E-state index contributed by atoms with van der Waals surface area (Å²) in [6, 6.07) is 17.0. The predicted octanol–water partition coefficient (Wildman–Crippen LogP) is 5.45. The number of carbonyl (C=O) groups is 1. The summed E-state index contributed by atoms with van der Waals surface area (Å²) in [5.74, 6) is 0.750. The summed E-state index contributed by atoms with van der Waals surface area (Å²) in [6.07, 6.45) is -0.462. The highest BCUT2D eigenvalue weighted by atomic mass is 35.5. The summed E-state index contributed by atoms with van der Waals surface area (Å²) in [5.41, 5.74) is 3.23. The lowest BCUT2D eigenvalue weighted by Gasteiger charge is -2.35. The highest BCUT2D eigenvalue weighted by Gasteiger charge is 2.42. The molecule has 28 heavy (non-hydrogen) atoms. The van der Waals surface area contributed by atoms with Crippen LogP contribution in [0.4, 0.5) is 0 Å². The second-order valence-corrected chi connectivity index (χ2v) is 8.30. The molecule has 0 radical (unpaired) electrons. The van der Waals surface area contributed by atoms with E-state index < -0.39 is 11.5 Å². The maximum Gasteiger partial charge on any atom is 0.165 e. The topological polar surface area (TPSA) is 51.5 Å². The van der Waals surface area contributed by atoms with Crippen molar-refractivity contribution in [2.45, 2.75) is 26.4 Å². The van der Waals surface area contributed by atoms with Crippen molar-refractivity contribution in [3.05, 3.63) is 70.9 Å². The largest absolute Gasteiger partial charge is 0.497 e. The molecule has 0 amide bonds. The number of hydrogen-bond acceptors (Lipinski definition) is 3. The van der Waals surface area contributed by atoms with Gasteiger partial charge in [0, 0.05) is 34.2 Å². The van der Waals surface area contributed by atoms with Crippen molar-refractivity contribution in [1.82, 2.24) is 4.57 Å². The van der Waals surface area contributed by atoms with Gasteiger partial charge in [0.15, 0.2) is 5.78 Å². The van der Waals surface area contributed by atoms with Crippen LogP contribution in [0.1, 0.15) is 42.4 Å². The molecule has 4 rings (SSSR count). The molecule has 2 aromatic carbocycles. The summed E-state index contributed by atoms with van der Waals surface area (Å²) >= 11 is 6.06. The van der Waals surface area contributed by atoms with Gasteiger partial charge in [0.2, 0.25) is 0 Å². The standard InChI is InChI=1S/C23H22ClNO3/c1-23(2)13-20(26)18-12-19(14-7-9-15(24)10-8-14)25(21(18)22(23)27)16-5-4-6-17(11-16)28-3/h4-12,22,27H,13H2,1-3H3. The molecule has 3 aromatic rings. The van der Waals surface area contributed by atoms with Crippen LogP contribution in [0, 0.1) is 5.41 Å². The van der Waals surface area contributed by atoms with Crippen LogP contribution in [0.15, 0.2) is 54.6 Å². The van der Waals surface area contributed by atoms with Crippen LogP contribution in [0.5, 0.6) is 5.75 Å². The number of hydrogen-bond donors (Lipinski definition) is 1. The number of benzene rings is 2. The molecule has 1 aliphatic carbocycles. The van der Waals surface area contributed by atoms with Crippen molar-refractivity contribution in [3.63, 3.8) is 0 Å². The fourth-order valence-electron chi connectivity index (χ4n) is 3.85. The zero-order valence-corrected chi connectivity index (χ0v) is 16.8. The number of aliphatic hydroxyl groups excluding tert-OH is 1. The molecule has 1 N–H and O–H groups in total. The number of methoxy groups -OCH3 is 1. The van der Waals surface area contributed by atoms with E-state index in [0.29, 0.717) is 28.5 Å². The first-order valence-electron chi connectivity index (χ1n) is 9.19. The minimum absolute atomic E-state index is 0.0437. The van der Waals surface area contributed by atoms with E-state index in [9.17, 15) is 9.90 Å². The lowest BCUT2D eigenvalue weighted by molar-refractivity contribution is 0.0281. The van der Waals surface area contributed by atoms with Crippen LogP contribution in [0.25, 0.3) is 16.9 Å². The molecule has 1 unspecified atom stereocenters. The van der Waals surface area contributed by atoms with Crippen LogP contribution >= 0.6 is 11.6 Å². The summed E-state index contributed by atoms with van der Waals surface area (Å²) < 4.78 is 7.35. The number of halogens is 1. The van der Waals surface area contributed by atoms with E-state index in [-0.39, 0.29) is 5.78 Å². The third kappa shape index (κ3) is 3.03. The second-order valence-electron chi connectivity index (χ2n) is 7.86. The van der Waals surface area contributed by atoms with E-state index in [1.54, 1.807) is 7.11 Å². The average Bonchev–Trinajstić information content (AvgIpc) is 3.07. The second kappa shape index (κ2) is 6.80. The third-order valence-corrected chi connectivity index (χ3v) is 5.66. The minimum Gasteiger partial charge on any atom is -0.497 e. The molecule has 4 nitrogen and oxygen atoms in total. The minimum atomic E-state index is -0.771. The first-order chi connectivity index (χ1) is 13.3. The molecular weight excluding hydrogens is 374 g/mol. The van der Waals surface area contributed by atoms with E-state index in [1.165, 1.54) is 0 Å². The van der Waals surface area contributed by atoms with Gasteiger partial charge in [-0.15, -0.1) is 0 Å². The number of ketones is 1. The Labute approximate surface area is 169 Å². The van der Waals surface area contributed by atoms with Crippen molar-refractivity contribution in [1.29, 1.82) is 0 Å². The monoisotopic (exact) mass is 395 g/mol. The van der Waals surface area contributed by atoms with Gasteiger partial charge in [0.25, 0.3) is 0 Å². The number of aliphatic hydroxyl groups is 1. The Hall–Kier alpha value is -2.56. The molecule has 0 fully saturated rings. The van der Waals surface area contributed by atoms with Gasteiger partial charge in [-0.2, -0.15) is 0 Å². The number of aromatic nitrogens is 1. The molecule has 1 aliphatic rings. The van der Waals surface area contributed by atoms with Crippen LogP contribution in [0.3, 0.4) is 0 Å². The lowest BCUT2D eigenvalue weighted by Crippen LogP contribution is -2.32. The molecule has 0 saturated heterocycles. The first kappa shape index (κ1) is 18.8. The van der Waals surface area contributed by atoms with Gasteiger partial charge < -0.3 is 14.4 Å². The number of nitrogens with zero attached hydrogens (tertiary/aromatic N) is 1. The van der Waals surface area contributed by atoms with E-state index in [4.69, 9.17) is 16.3 Å². The van der Waals surface area contributed by atoms with Crippen LogP contribution < -0.4 is 4.74 Å². The SMILES string of the molecule is COc1cccc(-n2c(-c3ccc(Cl)cc3)cc3c2C(O)C(C)(C)CC3=O)c1. The zero-order chi connectivity index (χ0) is 20.1. The van der Waals surface area contributed by atoms with Crippen molar-refractivity contribution in [2.75, 3.05) is 7.11 Å². The lowest BCUT2D eigenvalue weighted by atomic mass is 9.74. The molecular formula is C23H22ClNO3. The fourth-order valence-corrected chi connectivity index (χ4v) is 3.98. The Balaban J connectivity index is 2.03. The normalized spacial score (nSPS) is 18.0. The first-order valence-corrected chi connectivity index (χ1v) is 9.57. The van der Waals surface area contributed by atoms with Crippen molar-refractivity contribution < 1.29 is 14.6 Å². The molecule has 144 valence electrons. The Morgan fingerprint density at radius 3 is 2.54 bits per heavy atom. The highest BCUT2D eigenvalue weighted by molar-refractivity contribution is 6.30. The van der Waals surface area contributed by atoms with Crippen LogP contribution in [-0.4, -0.2) is 22.6 Å². The van der Waals surface area contributed by atoms with E-state index in [2.05, 4.69) is 0 Å². The van der Waals surface area contributed by atoms with E-state index >= 15 is 0 Å². The maximum absolute atomic E-state index is 12.9. The van der Waals surface area contributed by atoms with Crippen LogP contribution in [-0.2, 0) is 0 Å². The van der Waals surface area contributed by atoms with Crippen molar-refractivity contribution in [3.8, 4) is 22.7 Å². The molecule has 0 aliphatic heterocycles. The molecule has 1 atom stereocenters. The van der Waals surface area contributed by atoms with Gasteiger partial charge in [0.05, 0.1) is 18.5 Å². The number of ether oxygens (including phenoxy) is 1. The Bertz CT molecular complexity index is 1050. The summed E-state index contributed by atoms with van der Waals surface area (Å²) in [5, 5.41) is 11.8. The average molecular weight is 396 g/mol. The third-order valence-electron chi connectivity index (χ3n) is 5.41. The molecule has 0 saturated carbocycles. The van der Waals surface area contributed by atoms with E-state index in [1.807, 2.05) is 73.0 Å². The van der Waals surface area contributed by atoms with E-state index in [0.717, 1.165) is 16.9 Å². The Morgan fingerprint density at radius 1 is 1.14 bits per heavy atom. The fraction of sp³-hybridized carbons (Fsp3) is 0.261. The quantitative estimate of drug-likeness (QED) is 0.641. The number of Topliss-reactive ketones (excluding diaryl/α,β-unsaturated/α-hetero) is 1. The highest BCUT2D eigenvalue weighted by Crippen LogP contribution is 2.47. The summed E-state index contributed by atoms with van der Waals surface area (Å²) in [4.78, 5) is 12.9. The Kier molecular flexibility index (Phi) is 4.56. The molecule has 0 bridgehead atoms. The van der Waals surface area contributed by atoms with Crippen molar-refractivity contribution >= 4 is 17.4 Å². The van der Waals surface area contributed by atoms with Gasteiger partial charge >= 0.3 is 0 Å².